The van der Waals surface area contributed by atoms with Crippen LogP contribution in [0.4, 0.5) is 0 Å². The average molecular weight is 234 g/mol. The molecule has 2 rings (SSSR count). The lowest BCUT2D eigenvalue weighted by molar-refractivity contribution is -0.141. The Bertz CT molecular complexity index is 396. The van der Waals surface area contributed by atoms with Gasteiger partial charge in [0.25, 0.3) is 0 Å². The van der Waals surface area contributed by atoms with Crippen LogP contribution in [0.5, 0.6) is 0 Å². The van der Waals surface area contributed by atoms with Gasteiger partial charge in [-0.15, -0.1) is 0 Å². The maximum Gasteiger partial charge on any atom is 0.306 e. The third-order valence-electron chi connectivity index (χ3n) is 3.37. The summed E-state index contributed by atoms with van der Waals surface area (Å²) in [6.45, 7) is 0.0451. The third kappa shape index (κ3) is 3.07. The number of esters is 1. The van der Waals surface area contributed by atoms with E-state index in [4.69, 9.17) is 9.84 Å². The zero-order valence-electron chi connectivity index (χ0n) is 10.1. The molecule has 1 fully saturated rings. The lowest BCUT2D eigenvalue weighted by Gasteiger charge is -2.16. The molecule has 1 aromatic rings. The van der Waals surface area contributed by atoms with Gasteiger partial charge in [0.2, 0.25) is 0 Å². The molecule has 17 heavy (non-hydrogen) atoms. The largest absolute Gasteiger partial charge is 0.469 e. The number of carbonyl (C=O) groups excluding carboxylic acids is 1. The molecule has 1 saturated carbocycles. The van der Waals surface area contributed by atoms with E-state index in [-0.39, 0.29) is 18.5 Å². The summed E-state index contributed by atoms with van der Waals surface area (Å²) in [4.78, 5) is 11.4. The van der Waals surface area contributed by atoms with Crippen molar-refractivity contribution >= 4 is 5.97 Å². The summed E-state index contributed by atoms with van der Waals surface area (Å²) < 4.78 is 4.75. The van der Waals surface area contributed by atoms with Crippen molar-refractivity contribution in [2.24, 2.45) is 5.92 Å². The minimum absolute atomic E-state index is 0.0451. The van der Waals surface area contributed by atoms with Crippen LogP contribution in [-0.2, 0) is 16.1 Å². The Morgan fingerprint density at radius 3 is 2.88 bits per heavy atom. The smallest absolute Gasteiger partial charge is 0.306 e. The van der Waals surface area contributed by atoms with Gasteiger partial charge < -0.3 is 9.84 Å². The molecule has 1 aromatic carbocycles. The first-order valence-electron chi connectivity index (χ1n) is 6.01. The SMILES string of the molecule is COC(=O)CC(c1cccc(CO)c1)C1CC1. The van der Waals surface area contributed by atoms with Crippen LogP contribution in [0.2, 0.25) is 0 Å². The summed E-state index contributed by atoms with van der Waals surface area (Å²) in [7, 11) is 1.43. The predicted molar refractivity (Wildman–Crippen MR) is 64.5 cm³/mol. The Hall–Kier alpha value is -1.35. The van der Waals surface area contributed by atoms with E-state index in [1.807, 2.05) is 24.3 Å². The van der Waals surface area contributed by atoms with Gasteiger partial charge in [0.15, 0.2) is 0 Å². The highest BCUT2D eigenvalue weighted by Gasteiger charge is 2.33. The molecule has 0 saturated heterocycles. The minimum Gasteiger partial charge on any atom is -0.469 e. The van der Waals surface area contributed by atoms with Crippen molar-refractivity contribution in [1.29, 1.82) is 0 Å². The molecule has 1 N–H and O–H groups in total. The topological polar surface area (TPSA) is 46.5 Å². The molecule has 0 radical (unpaired) electrons. The maximum absolute atomic E-state index is 11.4. The average Bonchev–Trinajstić information content (AvgIpc) is 3.20. The first-order valence-corrected chi connectivity index (χ1v) is 6.01. The van der Waals surface area contributed by atoms with Gasteiger partial charge in [-0.1, -0.05) is 24.3 Å². The van der Waals surface area contributed by atoms with Crippen LogP contribution in [0.15, 0.2) is 24.3 Å². The highest BCUT2D eigenvalue weighted by atomic mass is 16.5. The number of hydrogen-bond acceptors (Lipinski definition) is 3. The summed E-state index contributed by atoms with van der Waals surface area (Å²) in [6.07, 6.45) is 2.81. The van der Waals surface area contributed by atoms with Crippen LogP contribution >= 0.6 is 0 Å². The number of aliphatic hydroxyl groups excluding tert-OH is 1. The second kappa shape index (κ2) is 5.32. The van der Waals surface area contributed by atoms with E-state index in [1.54, 1.807) is 0 Å². The van der Waals surface area contributed by atoms with E-state index in [0.29, 0.717) is 12.3 Å². The zero-order chi connectivity index (χ0) is 12.3. The van der Waals surface area contributed by atoms with Crippen molar-refractivity contribution in [2.45, 2.75) is 31.8 Å². The van der Waals surface area contributed by atoms with E-state index < -0.39 is 0 Å². The summed E-state index contributed by atoms with van der Waals surface area (Å²) in [5, 5.41) is 9.13. The quantitative estimate of drug-likeness (QED) is 0.795. The molecular weight excluding hydrogens is 216 g/mol. The van der Waals surface area contributed by atoms with Crippen LogP contribution in [-0.4, -0.2) is 18.2 Å². The van der Waals surface area contributed by atoms with Gasteiger partial charge in [-0.25, -0.2) is 0 Å². The van der Waals surface area contributed by atoms with Gasteiger partial charge >= 0.3 is 5.97 Å². The normalized spacial score (nSPS) is 16.6. The van der Waals surface area contributed by atoms with E-state index in [9.17, 15) is 4.79 Å². The van der Waals surface area contributed by atoms with Crippen LogP contribution in [0.3, 0.4) is 0 Å². The molecule has 92 valence electrons. The van der Waals surface area contributed by atoms with Gasteiger partial charge in [-0.05, 0) is 35.8 Å². The van der Waals surface area contributed by atoms with Crippen LogP contribution in [0, 0.1) is 5.92 Å². The van der Waals surface area contributed by atoms with Gasteiger partial charge in [-0.3, -0.25) is 4.79 Å². The third-order valence-corrected chi connectivity index (χ3v) is 3.37. The number of carbonyl (C=O) groups is 1. The highest BCUT2D eigenvalue weighted by Crippen LogP contribution is 2.44. The fourth-order valence-electron chi connectivity index (χ4n) is 2.24. The number of benzene rings is 1. The Morgan fingerprint density at radius 2 is 2.29 bits per heavy atom. The second-order valence-corrected chi connectivity index (χ2v) is 4.63. The van der Waals surface area contributed by atoms with Crippen molar-refractivity contribution < 1.29 is 14.6 Å². The summed E-state index contributed by atoms with van der Waals surface area (Å²) in [6, 6.07) is 7.86. The molecule has 1 aliphatic rings. The Labute approximate surface area is 101 Å². The molecule has 1 unspecified atom stereocenters. The number of hydrogen-bond donors (Lipinski definition) is 1. The Morgan fingerprint density at radius 1 is 1.53 bits per heavy atom. The van der Waals surface area contributed by atoms with Crippen molar-refractivity contribution in [3.8, 4) is 0 Å². The van der Waals surface area contributed by atoms with Gasteiger partial charge in [0.05, 0.1) is 20.1 Å². The lowest BCUT2D eigenvalue weighted by Crippen LogP contribution is -2.10. The molecule has 0 heterocycles. The van der Waals surface area contributed by atoms with E-state index in [1.165, 1.54) is 20.0 Å². The van der Waals surface area contributed by atoms with E-state index in [0.717, 1.165) is 11.1 Å². The molecule has 1 aliphatic carbocycles. The van der Waals surface area contributed by atoms with Crippen LogP contribution in [0.1, 0.15) is 36.3 Å². The maximum atomic E-state index is 11.4. The van der Waals surface area contributed by atoms with Crippen molar-refractivity contribution in [1.82, 2.24) is 0 Å². The molecule has 0 amide bonds. The van der Waals surface area contributed by atoms with Gasteiger partial charge in [0, 0.05) is 0 Å². The predicted octanol–water partition coefficient (Wildman–Crippen LogP) is 2.24. The fourth-order valence-corrected chi connectivity index (χ4v) is 2.24. The second-order valence-electron chi connectivity index (χ2n) is 4.63. The van der Waals surface area contributed by atoms with Gasteiger partial charge in [0.1, 0.15) is 0 Å². The van der Waals surface area contributed by atoms with E-state index >= 15 is 0 Å². The number of methoxy groups -OCH3 is 1. The van der Waals surface area contributed by atoms with Gasteiger partial charge in [-0.2, -0.15) is 0 Å². The van der Waals surface area contributed by atoms with Crippen molar-refractivity contribution in [3.63, 3.8) is 0 Å². The summed E-state index contributed by atoms with van der Waals surface area (Å²) in [5.74, 6) is 0.688. The molecule has 3 heteroatoms. The number of rotatable bonds is 5. The molecule has 0 bridgehead atoms. The molecule has 0 aromatic heterocycles. The molecule has 3 nitrogen and oxygen atoms in total. The Kier molecular flexibility index (Phi) is 3.79. The fraction of sp³-hybridized carbons (Fsp3) is 0.500. The zero-order valence-corrected chi connectivity index (χ0v) is 10.1. The highest BCUT2D eigenvalue weighted by molar-refractivity contribution is 5.70. The molecule has 1 atom stereocenters. The van der Waals surface area contributed by atoms with Crippen molar-refractivity contribution in [3.05, 3.63) is 35.4 Å². The standard InChI is InChI=1S/C14H18O3/c1-17-14(16)8-13(11-5-6-11)12-4-2-3-10(7-12)9-15/h2-4,7,11,13,15H,5-6,8-9H2,1H3. The first-order chi connectivity index (χ1) is 8.24. The molecular formula is C14H18O3. The van der Waals surface area contributed by atoms with Crippen LogP contribution < -0.4 is 0 Å². The number of ether oxygens (including phenoxy) is 1. The lowest BCUT2D eigenvalue weighted by atomic mass is 9.90. The van der Waals surface area contributed by atoms with E-state index in [2.05, 4.69) is 0 Å². The first kappa shape index (κ1) is 12.1. The molecule has 0 aliphatic heterocycles. The number of aliphatic hydroxyl groups is 1. The van der Waals surface area contributed by atoms with Crippen molar-refractivity contribution in [2.75, 3.05) is 7.11 Å². The minimum atomic E-state index is -0.156. The summed E-state index contributed by atoms with van der Waals surface area (Å²) >= 11 is 0. The molecule has 0 spiro atoms. The monoisotopic (exact) mass is 234 g/mol. The Balaban J connectivity index is 2.16. The summed E-state index contributed by atoms with van der Waals surface area (Å²) in [5.41, 5.74) is 2.04. The van der Waals surface area contributed by atoms with Crippen LogP contribution in [0.25, 0.3) is 0 Å².